The fourth-order valence-corrected chi connectivity index (χ4v) is 1.96. The average Bonchev–Trinajstić information content (AvgIpc) is 2.20. The molecule has 84 valence electrons. The monoisotopic (exact) mass is 218 g/mol. The number of hydrogen-bond acceptors (Lipinski definition) is 4. The van der Waals surface area contributed by atoms with E-state index in [0.717, 1.165) is 39.4 Å². The smallest absolute Gasteiger partial charge is 0.0594 e. The minimum absolute atomic E-state index is 0.597. The predicted molar refractivity (Wildman–Crippen MR) is 63.1 cm³/mol. The lowest BCUT2D eigenvalue weighted by Gasteiger charge is -2.29. The Kier molecular flexibility index (Phi) is 6.60. The van der Waals surface area contributed by atoms with Crippen LogP contribution in [0.1, 0.15) is 6.92 Å². The lowest BCUT2D eigenvalue weighted by atomic mass is 10.3. The fourth-order valence-electron chi connectivity index (χ4n) is 1.64. The van der Waals surface area contributed by atoms with Gasteiger partial charge in [-0.1, -0.05) is 0 Å². The lowest BCUT2D eigenvalue weighted by molar-refractivity contribution is 0.0345. The Labute approximate surface area is 91.6 Å². The van der Waals surface area contributed by atoms with Gasteiger partial charge in [0.2, 0.25) is 0 Å². The Morgan fingerprint density at radius 1 is 1.43 bits per heavy atom. The standard InChI is InChI=1S/C10H22N2OS/c1-10(11-3-8-14-2)9-12-4-6-13-7-5-12/h10-11H,3-9H2,1-2H3. The van der Waals surface area contributed by atoms with Crippen LogP contribution < -0.4 is 5.32 Å². The Morgan fingerprint density at radius 3 is 2.79 bits per heavy atom. The Morgan fingerprint density at radius 2 is 2.14 bits per heavy atom. The maximum Gasteiger partial charge on any atom is 0.0594 e. The summed E-state index contributed by atoms with van der Waals surface area (Å²) in [7, 11) is 0. The molecular weight excluding hydrogens is 196 g/mol. The van der Waals surface area contributed by atoms with Crippen LogP contribution in [0.2, 0.25) is 0 Å². The van der Waals surface area contributed by atoms with E-state index in [0.29, 0.717) is 6.04 Å². The average molecular weight is 218 g/mol. The molecule has 0 spiro atoms. The molecule has 1 unspecified atom stereocenters. The van der Waals surface area contributed by atoms with E-state index in [1.807, 2.05) is 11.8 Å². The van der Waals surface area contributed by atoms with Crippen LogP contribution in [-0.4, -0.2) is 62.3 Å². The van der Waals surface area contributed by atoms with Gasteiger partial charge in [-0.25, -0.2) is 0 Å². The molecule has 1 aliphatic heterocycles. The van der Waals surface area contributed by atoms with Gasteiger partial charge in [0.25, 0.3) is 0 Å². The minimum atomic E-state index is 0.597. The van der Waals surface area contributed by atoms with Crippen LogP contribution in [-0.2, 0) is 4.74 Å². The van der Waals surface area contributed by atoms with Crippen molar-refractivity contribution in [2.75, 3.05) is 51.4 Å². The largest absolute Gasteiger partial charge is 0.379 e. The first kappa shape index (κ1) is 12.3. The summed E-state index contributed by atoms with van der Waals surface area (Å²) in [5, 5.41) is 3.53. The molecular formula is C10H22N2OS. The molecule has 0 aromatic carbocycles. The topological polar surface area (TPSA) is 24.5 Å². The van der Waals surface area contributed by atoms with E-state index < -0.39 is 0 Å². The van der Waals surface area contributed by atoms with Crippen LogP contribution >= 0.6 is 11.8 Å². The zero-order chi connectivity index (χ0) is 10.2. The van der Waals surface area contributed by atoms with Crippen molar-refractivity contribution < 1.29 is 4.74 Å². The van der Waals surface area contributed by atoms with E-state index in [4.69, 9.17) is 4.74 Å². The zero-order valence-corrected chi connectivity index (χ0v) is 10.1. The van der Waals surface area contributed by atoms with Gasteiger partial charge in [0.1, 0.15) is 0 Å². The molecule has 0 saturated carbocycles. The minimum Gasteiger partial charge on any atom is -0.379 e. The van der Waals surface area contributed by atoms with Crippen LogP contribution in [0.3, 0.4) is 0 Å². The third kappa shape index (κ3) is 5.20. The number of nitrogens with zero attached hydrogens (tertiary/aromatic N) is 1. The summed E-state index contributed by atoms with van der Waals surface area (Å²) in [6, 6.07) is 0.597. The third-order valence-electron chi connectivity index (χ3n) is 2.43. The maximum absolute atomic E-state index is 5.31. The lowest BCUT2D eigenvalue weighted by Crippen LogP contribution is -2.44. The van der Waals surface area contributed by atoms with Crippen LogP contribution in [0.25, 0.3) is 0 Å². The van der Waals surface area contributed by atoms with Crippen molar-refractivity contribution in [1.82, 2.24) is 10.2 Å². The van der Waals surface area contributed by atoms with Crippen molar-refractivity contribution >= 4 is 11.8 Å². The molecule has 0 radical (unpaired) electrons. The molecule has 1 saturated heterocycles. The fraction of sp³-hybridized carbons (Fsp3) is 1.00. The normalized spacial score (nSPS) is 21.0. The van der Waals surface area contributed by atoms with E-state index >= 15 is 0 Å². The molecule has 0 bridgehead atoms. The Balaban J connectivity index is 2.03. The Bertz CT molecular complexity index is 140. The first-order chi connectivity index (χ1) is 6.83. The summed E-state index contributed by atoms with van der Waals surface area (Å²) in [6.07, 6.45) is 2.15. The summed E-state index contributed by atoms with van der Waals surface area (Å²) in [4.78, 5) is 2.47. The highest BCUT2D eigenvalue weighted by molar-refractivity contribution is 7.98. The summed E-state index contributed by atoms with van der Waals surface area (Å²) in [5.74, 6) is 1.20. The number of morpholine rings is 1. The molecule has 1 fully saturated rings. The Hall–Kier alpha value is 0.230. The van der Waals surface area contributed by atoms with Crippen molar-refractivity contribution in [3.05, 3.63) is 0 Å². The predicted octanol–water partition coefficient (Wildman–Crippen LogP) is 0.660. The van der Waals surface area contributed by atoms with Crippen molar-refractivity contribution in [3.63, 3.8) is 0 Å². The molecule has 0 aromatic rings. The molecule has 1 rings (SSSR count). The molecule has 0 amide bonds. The van der Waals surface area contributed by atoms with Gasteiger partial charge in [-0.05, 0) is 13.2 Å². The summed E-state index contributed by atoms with van der Waals surface area (Å²) < 4.78 is 5.31. The molecule has 1 atom stereocenters. The molecule has 0 aliphatic carbocycles. The van der Waals surface area contributed by atoms with Crippen LogP contribution in [0.15, 0.2) is 0 Å². The van der Waals surface area contributed by atoms with E-state index in [1.165, 1.54) is 5.75 Å². The highest BCUT2D eigenvalue weighted by atomic mass is 32.2. The van der Waals surface area contributed by atoms with Crippen molar-refractivity contribution in [3.8, 4) is 0 Å². The molecule has 1 heterocycles. The second kappa shape index (κ2) is 7.51. The van der Waals surface area contributed by atoms with Gasteiger partial charge >= 0.3 is 0 Å². The highest BCUT2D eigenvalue weighted by Gasteiger charge is 2.12. The van der Waals surface area contributed by atoms with Gasteiger partial charge in [-0.2, -0.15) is 11.8 Å². The van der Waals surface area contributed by atoms with Crippen LogP contribution in [0.5, 0.6) is 0 Å². The van der Waals surface area contributed by atoms with E-state index in [1.54, 1.807) is 0 Å². The number of nitrogens with one attached hydrogen (secondary N) is 1. The maximum atomic E-state index is 5.31. The van der Waals surface area contributed by atoms with E-state index in [9.17, 15) is 0 Å². The molecule has 1 N–H and O–H groups in total. The zero-order valence-electron chi connectivity index (χ0n) is 9.29. The van der Waals surface area contributed by atoms with E-state index in [-0.39, 0.29) is 0 Å². The quantitative estimate of drug-likeness (QED) is 0.662. The molecule has 1 aliphatic rings. The third-order valence-corrected chi connectivity index (χ3v) is 3.05. The highest BCUT2D eigenvalue weighted by Crippen LogP contribution is 1.98. The summed E-state index contributed by atoms with van der Waals surface area (Å²) >= 11 is 1.89. The van der Waals surface area contributed by atoms with Gasteiger partial charge in [-0.3, -0.25) is 4.90 Å². The van der Waals surface area contributed by atoms with Crippen molar-refractivity contribution in [2.45, 2.75) is 13.0 Å². The van der Waals surface area contributed by atoms with Gasteiger partial charge in [0, 0.05) is 38.0 Å². The van der Waals surface area contributed by atoms with Crippen molar-refractivity contribution in [2.24, 2.45) is 0 Å². The molecule has 14 heavy (non-hydrogen) atoms. The van der Waals surface area contributed by atoms with Crippen molar-refractivity contribution in [1.29, 1.82) is 0 Å². The second-order valence-electron chi connectivity index (χ2n) is 3.76. The number of rotatable bonds is 6. The number of hydrogen-bond donors (Lipinski definition) is 1. The SMILES string of the molecule is CSCCNC(C)CN1CCOCC1. The van der Waals surface area contributed by atoms with Gasteiger partial charge in [0.05, 0.1) is 13.2 Å². The van der Waals surface area contributed by atoms with Crippen LogP contribution in [0.4, 0.5) is 0 Å². The summed E-state index contributed by atoms with van der Waals surface area (Å²) in [5.41, 5.74) is 0. The van der Waals surface area contributed by atoms with Gasteiger partial charge < -0.3 is 10.1 Å². The summed E-state index contributed by atoms with van der Waals surface area (Å²) in [6.45, 7) is 8.51. The van der Waals surface area contributed by atoms with E-state index in [2.05, 4.69) is 23.4 Å². The van der Waals surface area contributed by atoms with Gasteiger partial charge in [0.15, 0.2) is 0 Å². The first-order valence-electron chi connectivity index (χ1n) is 5.35. The van der Waals surface area contributed by atoms with Crippen LogP contribution in [0, 0.1) is 0 Å². The second-order valence-corrected chi connectivity index (χ2v) is 4.75. The molecule has 4 heteroatoms. The number of ether oxygens (including phenoxy) is 1. The molecule has 3 nitrogen and oxygen atoms in total. The first-order valence-corrected chi connectivity index (χ1v) is 6.74. The number of thioether (sulfide) groups is 1. The van der Waals surface area contributed by atoms with Gasteiger partial charge in [-0.15, -0.1) is 0 Å². The molecule has 0 aromatic heterocycles.